The molecule has 1 fully saturated rings. The van der Waals surface area contributed by atoms with Gasteiger partial charge >= 0.3 is 0 Å². The van der Waals surface area contributed by atoms with Crippen LogP contribution in [0.3, 0.4) is 0 Å². The smallest absolute Gasteiger partial charge is 0.290 e. The van der Waals surface area contributed by atoms with Gasteiger partial charge < -0.3 is 10.6 Å². The molecule has 0 bridgehead atoms. The van der Waals surface area contributed by atoms with Crippen LogP contribution in [0.4, 0.5) is 0 Å². The van der Waals surface area contributed by atoms with E-state index in [1.165, 1.54) is 0 Å². The van der Waals surface area contributed by atoms with Crippen LogP contribution in [0.2, 0.25) is 0 Å². The Balaban J connectivity index is 1.51. The van der Waals surface area contributed by atoms with Crippen LogP contribution in [0.5, 0.6) is 0 Å². The van der Waals surface area contributed by atoms with E-state index >= 15 is 0 Å². The third kappa shape index (κ3) is 3.64. The molecule has 7 nitrogen and oxygen atoms in total. The highest BCUT2D eigenvalue weighted by molar-refractivity contribution is 7.07. The van der Waals surface area contributed by atoms with Crippen molar-refractivity contribution in [1.82, 2.24) is 30.4 Å². The third-order valence-corrected chi connectivity index (χ3v) is 4.14. The molecule has 1 aliphatic rings. The van der Waals surface area contributed by atoms with E-state index in [9.17, 15) is 4.79 Å². The Bertz CT molecular complexity index is 575. The average Bonchev–Trinajstić information content (AvgIpc) is 3.20. The summed E-state index contributed by atoms with van der Waals surface area (Å²) in [4.78, 5) is 20.3. The fourth-order valence-corrected chi connectivity index (χ4v) is 2.95. The van der Waals surface area contributed by atoms with Crippen molar-refractivity contribution in [3.05, 3.63) is 28.7 Å². The molecule has 21 heavy (non-hydrogen) atoms. The molecule has 2 N–H and O–H groups in total. The maximum absolute atomic E-state index is 12.0. The van der Waals surface area contributed by atoms with Crippen LogP contribution in [-0.4, -0.2) is 45.3 Å². The lowest BCUT2D eigenvalue weighted by Crippen LogP contribution is -2.32. The van der Waals surface area contributed by atoms with E-state index in [0.29, 0.717) is 12.6 Å². The Hall–Kier alpha value is -1.80. The van der Waals surface area contributed by atoms with E-state index in [4.69, 9.17) is 0 Å². The van der Waals surface area contributed by atoms with Crippen LogP contribution in [0, 0.1) is 0 Å². The zero-order chi connectivity index (χ0) is 14.5. The van der Waals surface area contributed by atoms with E-state index in [-0.39, 0.29) is 11.7 Å². The van der Waals surface area contributed by atoms with Gasteiger partial charge in [0.25, 0.3) is 5.91 Å². The number of carbonyl (C=O) groups excluding carboxylic acids is 1. The molecule has 0 radical (unpaired) electrons. The third-order valence-electron chi connectivity index (χ3n) is 3.51. The summed E-state index contributed by atoms with van der Waals surface area (Å²) in [5.74, 6) is 0.00611. The van der Waals surface area contributed by atoms with Gasteiger partial charge in [0.2, 0.25) is 5.82 Å². The zero-order valence-electron chi connectivity index (χ0n) is 11.7. The molecule has 3 heterocycles. The number of hydrogen-bond acceptors (Lipinski definition) is 6. The summed E-state index contributed by atoms with van der Waals surface area (Å²) < 4.78 is 1.79. The van der Waals surface area contributed by atoms with Crippen molar-refractivity contribution in [2.75, 3.05) is 19.6 Å². The normalized spacial score (nSPS) is 18.6. The number of rotatable bonds is 5. The van der Waals surface area contributed by atoms with Crippen molar-refractivity contribution >= 4 is 17.2 Å². The van der Waals surface area contributed by atoms with E-state index in [2.05, 4.69) is 25.7 Å². The minimum absolute atomic E-state index is 0.229. The first-order valence-corrected chi connectivity index (χ1v) is 8.04. The molecule has 3 rings (SSSR count). The number of carbonyl (C=O) groups is 1. The fourth-order valence-electron chi connectivity index (χ4n) is 2.36. The molecule has 2 aromatic rings. The van der Waals surface area contributed by atoms with E-state index in [1.807, 2.05) is 5.38 Å². The fraction of sp³-hybridized carbons (Fsp3) is 0.538. The number of aromatic nitrogens is 4. The molecule has 2 aromatic heterocycles. The molecule has 0 spiro atoms. The van der Waals surface area contributed by atoms with Gasteiger partial charge in [0.05, 0.1) is 17.2 Å². The molecule has 0 aliphatic carbocycles. The van der Waals surface area contributed by atoms with Gasteiger partial charge in [-0.15, -0.1) is 16.4 Å². The van der Waals surface area contributed by atoms with Crippen molar-refractivity contribution < 1.29 is 4.79 Å². The van der Waals surface area contributed by atoms with E-state index in [0.717, 1.165) is 38.0 Å². The van der Waals surface area contributed by atoms with Crippen molar-refractivity contribution in [3.8, 4) is 0 Å². The highest BCUT2D eigenvalue weighted by Gasteiger charge is 2.18. The lowest BCUT2D eigenvalue weighted by Gasteiger charge is -2.22. The lowest BCUT2D eigenvalue weighted by atomic mass is 10.1. The van der Waals surface area contributed by atoms with Gasteiger partial charge in [-0.3, -0.25) is 4.79 Å². The number of amides is 1. The first-order valence-electron chi connectivity index (χ1n) is 7.10. The Kier molecular flexibility index (Phi) is 4.56. The van der Waals surface area contributed by atoms with Crippen LogP contribution in [-0.2, 0) is 6.42 Å². The van der Waals surface area contributed by atoms with Crippen molar-refractivity contribution in [1.29, 1.82) is 0 Å². The number of thiazole rings is 1. The van der Waals surface area contributed by atoms with Gasteiger partial charge in [-0.2, -0.15) is 0 Å². The number of nitrogens with one attached hydrogen (secondary N) is 2. The van der Waals surface area contributed by atoms with Gasteiger partial charge in [0, 0.05) is 24.9 Å². The van der Waals surface area contributed by atoms with Crippen LogP contribution < -0.4 is 10.6 Å². The molecule has 8 heteroatoms. The lowest BCUT2D eigenvalue weighted by molar-refractivity contribution is 0.0943. The summed E-state index contributed by atoms with van der Waals surface area (Å²) in [5.41, 5.74) is 2.78. The molecule has 1 aliphatic heterocycles. The van der Waals surface area contributed by atoms with Gasteiger partial charge in [0.15, 0.2) is 0 Å². The Labute approximate surface area is 126 Å². The second-order valence-electron chi connectivity index (χ2n) is 5.03. The Morgan fingerprint density at radius 1 is 1.52 bits per heavy atom. The molecule has 0 aromatic carbocycles. The summed E-state index contributed by atoms with van der Waals surface area (Å²) in [6.45, 7) is 2.48. The second kappa shape index (κ2) is 6.77. The van der Waals surface area contributed by atoms with Crippen LogP contribution in [0.25, 0.3) is 0 Å². The SMILES string of the molecule is O=C(NCCc1cscn1)c1ncn([C@@H]2CCCNC2)n1. The van der Waals surface area contributed by atoms with E-state index in [1.54, 1.807) is 27.9 Å². The van der Waals surface area contributed by atoms with Crippen molar-refractivity contribution in [2.45, 2.75) is 25.3 Å². The van der Waals surface area contributed by atoms with Crippen LogP contribution >= 0.6 is 11.3 Å². The monoisotopic (exact) mass is 306 g/mol. The minimum Gasteiger partial charge on any atom is -0.349 e. The largest absolute Gasteiger partial charge is 0.349 e. The second-order valence-corrected chi connectivity index (χ2v) is 5.75. The predicted molar refractivity (Wildman–Crippen MR) is 79.3 cm³/mol. The number of piperidine rings is 1. The Morgan fingerprint density at radius 2 is 2.48 bits per heavy atom. The highest BCUT2D eigenvalue weighted by atomic mass is 32.1. The molecule has 1 amide bonds. The topological polar surface area (TPSA) is 84.7 Å². The minimum atomic E-state index is -0.229. The van der Waals surface area contributed by atoms with Crippen LogP contribution in [0.1, 0.15) is 35.2 Å². The van der Waals surface area contributed by atoms with Gasteiger partial charge in [-0.05, 0) is 19.4 Å². The van der Waals surface area contributed by atoms with E-state index < -0.39 is 0 Å². The summed E-state index contributed by atoms with van der Waals surface area (Å²) in [6, 6.07) is 0.294. The quantitative estimate of drug-likeness (QED) is 0.846. The summed E-state index contributed by atoms with van der Waals surface area (Å²) in [6.07, 6.45) is 4.57. The number of hydrogen-bond donors (Lipinski definition) is 2. The summed E-state index contributed by atoms with van der Waals surface area (Å²) >= 11 is 1.56. The predicted octanol–water partition coefficient (Wildman–Crippen LogP) is 0.632. The Morgan fingerprint density at radius 3 is 3.24 bits per heavy atom. The zero-order valence-corrected chi connectivity index (χ0v) is 12.5. The molecule has 0 unspecified atom stereocenters. The maximum Gasteiger partial charge on any atom is 0.290 e. The first kappa shape index (κ1) is 14.2. The summed E-state index contributed by atoms with van der Waals surface area (Å²) in [5, 5.41) is 12.4. The molecule has 1 saturated heterocycles. The molecular formula is C13H18N6OS. The first-order chi connectivity index (χ1) is 10.3. The van der Waals surface area contributed by atoms with Gasteiger partial charge in [0.1, 0.15) is 6.33 Å². The van der Waals surface area contributed by atoms with Gasteiger partial charge in [-0.1, -0.05) is 0 Å². The molecule has 112 valence electrons. The highest BCUT2D eigenvalue weighted by Crippen LogP contribution is 2.14. The van der Waals surface area contributed by atoms with Crippen LogP contribution in [0.15, 0.2) is 17.2 Å². The van der Waals surface area contributed by atoms with Gasteiger partial charge in [-0.25, -0.2) is 14.6 Å². The van der Waals surface area contributed by atoms with Crippen molar-refractivity contribution in [2.24, 2.45) is 0 Å². The average molecular weight is 306 g/mol. The molecular weight excluding hydrogens is 288 g/mol. The summed E-state index contributed by atoms with van der Waals surface area (Å²) in [7, 11) is 0. The molecule has 0 saturated carbocycles. The maximum atomic E-state index is 12.0. The standard InChI is InChI=1S/C13H18N6OS/c20-13(15-5-3-10-7-21-9-17-10)12-16-8-19(18-12)11-2-1-4-14-6-11/h7-9,11,14H,1-6H2,(H,15,20)/t11-/m1/s1. The number of nitrogens with zero attached hydrogens (tertiary/aromatic N) is 4. The molecule has 1 atom stereocenters. The van der Waals surface area contributed by atoms with Crippen molar-refractivity contribution in [3.63, 3.8) is 0 Å².